The molecule has 2 aromatic carbocycles. The number of hydrogen-bond donors (Lipinski definition) is 1. The van der Waals surface area contributed by atoms with Crippen LogP contribution in [0, 0.1) is 0 Å². The van der Waals surface area contributed by atoms with Crippen LogP contribution < -0.4 is 0 Å². The van der Waals surface area contributed by atoms with Gasteiger partial charge in [0, 0.05) is 0 Å². The molecular weight excluding hydrogens is 282 g/mol. The van der Waals surface area contributed by atoms with E-state index in [0.29, 0.717) is 0 Å². The number of benzene rings is 2. The lowest BCUT2D eigenvalue weighted by Crippen LogP contribution is -2.60. The summed E-state index contributed by atoms with van der Waals surface area (Å²) >= 11 is 0. The van der Waals surface area contributed by atoms with E-state index in [4.69, 9.17) is 0 Å². The third-order valence-electron chi connectivity index (χ3n) is 5.42. The molecule has 0 unspecified atom stereocenters. The maximum Gasteiger partial charge on any atom is 0.132 e. The highest BCUT2D eigenvalue weighted by atomic mass is 16.3. The summed E-state index contributed by atoms with van der Waals surface area (Å²) in [5.41, 5.74) is 0.506. The molecule has 0 atom stereocenters. The van der Waals surface area contributed by atoms with E-state index < -0.39 is 5.60 Å². The Balaban J connectivity index is 2.12. The highest BCUT2D eigenvalue weighted by Gasteiger charge is 2.49. The first kappa shape index (κ1) is 16.2. The van der Waals surface area contributed by atoms with Gasteiger partial charge in [0.1, 0.15) is 5.60 Å². The molecule has 2 nitrogen and oxygen atoms in total. The number of nitrogens with zero attached hydrogens (tertiary/aromatic N) is 1. The molecule has 122 valence electrons. The summed E-state index contributed by atoms with van der Waals surface area (Å²) < 4.78 is 0. The first-order valence-electron chi connectivity index (χ1n) is 8.65. The van der Waals surface area contributed by atoms with Gasteiger partial charge >= 0.3 is 0 Å². The topological polar surface area (TPSA) is 23.5 Å². The lowest BCUT2D eigenvalue weighted by molar-refractivity contribution is -0.0807. The molecule has 2 aromatic rings. The minimum absolute atomic E-state index is 0.379. The van der Waals surface area contributed by atoms with E-state index in [1.807, 2.05) is 60.7 Å². The molecular formula is C21H27NO. The van der Waals surface area contributed by atoms with Gasteiger partial charge in [-0.3, -0.25) is 4.90 Å². The quantitative estimate of drug-likeness (QED) is 0.915. The summed E-state index contributed by atoms with van der Waals surface area (Å²) in [6.07, 6.45) is 3.72. The molecule has 1 heterocycles. The Morgan fingerprint density at radius 1 is 0.739 bits per heavy atom. The molecule has 0 radical (unpaired) electrons. The monoisotopic (exact) mass is 309 g/mol. The second-order valence-corrected chi connectivity index (χ2v) is 7.05. The lowest BCUT2D eigenvalue weighted by atomic mass is 9.71. The summed E-state index contributed by atoms with van der Waals surface area (Å²) in [6.45, 7) is 6.46. The van der Waals surface area contributed by atoms with Crippen LogP contribution >= 0.6 is 0 Å². The van der Waals surface area contributed by atoms with Gasteiger partial charge in [-0.1, -0.05) is 67.1 Å². The highest BCUT2D eigenvalue weighted by Crippen LogP contribution is 2.43. The molecule has 0 spiro atoms. The molecule has 1 saturated heterocycles. The van der Waals surface area contributed by atoms with Gasteiger partial charge in [0.2, 0.25) is 0 Å². The van der Waals surface area contributed by atoms with Crippen LogP contribution in [0.4, 0.5) is 0 Å². The second-order valence-electron chi connectivity index (χ2n) is 7.05. The fourth-order valence-electron chi connectivity index (χ4n) is 3.91. The Labute approximate surface area is 139 Å². The van der Waals surface area contributed by atoms with Gasteiger partial charge in [-0.2, -0.15) is 0 Å². The predicted octanol–water partition coefficient (Wildman–Crippen LogP) is 4.19. The standard InChI is InChI=1S/C21H27NO/c1-20(2,22-16-10-5-11-17-22)21(23,18-12-6-3-7-13-18)19-14-8-4-9-15-19/h3-4,6-9,12-15,23H,5,10-11,16-17H2,1-2H3. The van der Waals surface area contributed by atoms with Gasteiger partial charge in [0.05, 0.1) is 5.54 Å². The molecule has 0 aromatic heterocycles. The minimum atomic E-state index is -1.03. The molecule has 2 heteroatoms. The van der Waals surface area contributed by atoms with Crippen molar-refractivity contribution in [3.63, 3.8) is 0 Å². The Hall–Kier alpha value is -1.64. The lowest BCUT2D eigenvalue weighted by Gasteiger charge is -2.51. The van der Waals surface area contributed by atoms with Crippen molar-refractivity contribution in [1.29, 1.82) is 0 Å². The summed E-state index contributed by atoms with van der Waals surface area (Å²) in [4.78, 5) is 2.45. The molecule has 1 aliphatic rings. The normalized spacial score (nSPS) is 17.2. The summed E-state index contributed by atoms with van der Waals surface area (Å²) in [6, 6.07) is 20.2. The zero-order chi connectivity index (χ0) is 16.3. The van der Waals surface area contributed by atoms with Gasteiger partial charge in [-0.15, -0.1) is 0 Å². The zero-order valence-corrected chi connectivity index (χ0v) is 14.2. The second kappa shape index (κ2) is 6.46. The molecule has 1 fully saturated rings. The zero-order valence-electron chi connectivity index (χ0n) is 14.2. The van der Waals surface area contributed by atoms with Crippen LogP contribution in [0.15, 0.2) is 60.7 Å². The van der Waals surface area contributed by atoms with E-state index in [-0.39, 0.29) is 5.54 Å². The third kappa shape index (κ3) is 2.82. The SMILES string of the molecule is CC(C)(N1CCCCC1)C(O)(c1ccccc1)c1ccccc1. The minimum Gasteiger partial charge on any atom is -0.378 e. The highest BCUT2D eigenvalue weighted by molar-refractivity contribution is 5.40. The van der Waals surface area contributed by atoms with E-state index in [1.165, 1.54) is 19.3 Å². The number of piperidine rings is 1. The van der Waals surface area contributed by atoms with Crippen molar-refractivity contribution in [3.05, 3.63) is 71.8 Å². The molecule has 1 aliphatic heterocycles. The predicted molar refractivity (Wildman–Crippen MR) is 95.4 cm³/mol. The molecule has 0 bridgehead atoms. The molecule has 0 saturated carbocycles. The van der Waals surface area contributed by atoms with Gasteiger partial charge in [-0.25, -0.2) is 0 Å². The van der Waals surface area contributed by atoms with E-state index in [1.54, 1.807) is 0 Å². The number of likely N-dealkylation sites (tertiary alicyclic amines) is 1. The third-order valence-corrected chi connectivity index (χ3v) is 5.42. The molecule has 0 amide bonds. The van der Waals surface area contributed by atoms with Crippen LogP contribution in [0.5, 0.6) is 0 Å². The average molecular weight is 309 g/mol. The first-order valence-corrected chi connectivity index (χ1v) is 8.65. The Kier molecular flexibility index (Phi) is 4.56. The van der Waals surface area contributed by atoms with Crippen LogP contribution in [0.3, 0.4) is 0 Å². The van der Waals surface area contributed by atoms with Crippen LogP contribution in [-0.2, 0) is 5.60 Å². The van der Waals surface area contributed by atoms with Gasteiger partial charge in [-0.05, 0) is 50.9 Å². The van der Waals surface area contributed by atoms with Crippen molar-refractivity contribution in [2.75, 3.05) is 13.1 Å². The van der Waals surface area contributed by atoms with Crippen LogP contribution in [0.1, 0.15) is 44.2 Å². The largest absolute Gasteiger partial charge is 0.378 e. The Morgan fingerprint density at radius 2 is 1.17 bits per heavy atom. The van der Waals surface area contributed by atoms with Gasteiger partial charge in [0.15, 0.2) is 0 Å². The number of aliphatic hydroxyl groups is 1. The van der Waals surface area contributed by atoms with E-state index >= 15 is 0 Å². The summed E-state index contributed by atoms with van der Waals surface area (Å²) in [5, 5.41) is 12.0. The Morgan fingerprint density at radius 3 is 1.61 bits per heavy atom. The number of hydrogen-bond acceptors (Lipinski definition) is 2. The van der Waals surface area contributed by atoms with Gasteiger partial charge in [0.25, 0.3) is 0 Å². The fraction of sp³-hybridized carbons (Fsp3) is 0.429. The van der Waals surface area contributed by atoms with E-state index in [9.17, 15) is 5.11 Å². The Bertz CT molecular complexity index is 575. The van der Waals surface area contributed by atoms with Crippen LogP contribution in [-0.4, -0.2) is 28.6 Å². The summed E-state index contributed by atoms with van der Waals surface area (Å²) in [7, 11) is 0. The first-order chi connectivity index (χ1) is 11.1. The maximum atomic E-state index is 12.0. The molecule has 23 heavy (non-hydrogen) atoms. The molecule has 3 rings (SSSR count). The van der Waals surface area contributed by atoms with Crippen molar-refractivity contribution in [2.24, 2.45) is 0 Å². The maximum absolute atomic E-state index is 12.0. The van der Waals surface area contributed by atoms with Crippen molar-refractivity contribution >= 4 is 0 Å². The molecule has 0 aliphatic carbocycles. The van der Waals surface area contributed by atoms with Crippen molar-refractivity contribution in [1.82, 2.24) is 4.90 Å². The van der Waals surface area contributed by atoms with Crippen molar-refractivity contribution in [2.45, 2.75) is 44.2 Å². The number of rotatable bonds is 4. The summed E-state index contributed by atoms with van der Waals surface area (Å²) in [5.74, 6) is 0. The average Bonchev–Trinajstić information content (AvgIpc) is 2.63. The van der Waals surface area contributed by atoms with E-state index in [2.05, 4.69) is 18.7 Å². The molecule has 1 N–H and O–H groups in total. The van der Waals surface area contributed by atoms with E-state index in [0.717, 1.165) is 24.2 Å². The van der Waals surface area contributed by atoms with Gasteiger partial charge < -0.3 is 5.11 Å². The van der Waals surface area contributed by atoms with Crippen molar-refractivity contribution < 1.29 is 5.11 Å². The fourth-order valence-corrected chi connectivity index (χ4v) is 3.91. The van der Waals surface area contributed by atoms with Crippen molar-refractivity contribution in [3.8, 4) is 0 Å². The van der Waals surface area contributed by atoms with Crippen LogP contribution in [0.2, 0.25) is 0 Å². The van der Waals surface area contributed by atoms with Crippen LogP contribution in [0.25, 0.3) is 0 Å². The smallest absolute Gasteiger partial charge is 0.132 e.